The van der Waals surface area contributed by atoms with Crippen molar-refractivity contribution in [3.63, 3.8) is 0 Å². The fourth-order valence-corrected chi connectivity index (χ4v) is 3.98. The predicted octanol–water partition coefficient (Wildman–Crippen LogP) is 1.11. The minimum atomic E-state index is -3.14. The monoisotopic (exact) mass is 288 g/mol. The number of piperidine rings is 1. The van der Waals surface area contributed by atoms with Crippen molar-refractivity contribution in [3.8, 4) is 0 Å². The van der Waals surface area contributed by atoms with Gasteiger partial charge in [0, 0.05) is 25.0 Å². The first-order chi connectivity index (χ1) is 9.02. The summed E-state index contributed by atoms with van der Waals surface area (Å²) < 4.78 is 26.4. The smallest absolute Gasteiger partial charge is 0.225 e. The second-order valence-corrected chi connectivity index (χ2v) is 7.54. The van der Waals surface area contributed by atoms with Crippen molar-refractivity contribution in [1.29, 1.82) is 0 Å². The molecule has 2 fully saturated rings. The van der Waals surface area contributed by atoms with Crippen LogP contribution in [-0.2, 0) is 14.8 Å². The molecule has 1 aliphatic heterocycles. The van der Waals surface area contributed by atoms with Crippen LogP contribution in [0.3, 0.4) is 0 Å². The summed E-state index contributed by atoms with van der Waals surface area (Å²) in [6.45, 7) is 3.37. The second kappa shape index (κ2) is 6.22. The van der Waals surface area contributed by atoms with Gasteiger partial charge in [0.25, 0.3) is 0 Å². The molecule has 0 spiro atoms. The van der Waals surface area contributed by atoms with Crippen molar-refractivity contribution in [3.05, 3.63) is 0 Å². The van der Waals surface area contributed by atoms with Gasteiger partial charge in [0.05, 0.1) is 5.75 Å². The van der Waals surface area contributed by atoms with E-state index in [0.29, 0.717) is 19.5 Å². The van der Waals surface area contributed by atoms with Crippen LogP contribution in [0.4, 0.5) is 0 Å². The topological polar surface area (TPSA) is 66.5 Å². The zero-order valence-electron chi connectivity index (χ0n) is 11.6. The number of sulfonamides is 1. The lowest BCUT2D eigenvalue weighted by atomic mass is 10.1. The van der Waals surface area contributed by atoms with Crippen molar-refractivity contribution >= 4 is 15.9 Å². The molecule has 1 amide bonds. The molecule has 2 rings (SSSR count). The molecule has 5 nitrogen and oxygen atoms in total. The quantitative estimate of drug-likeness (QED) is 0.796. The van der Waals surface area contributed by atoms with Gasteiger partial charge in [-0.3, -0.25) is 4.79 Å². The molecule has 1 aliphatic carbocycles. The fraction of sp³-hybridized carbons (Fsp3) is 0.923. The van der Waals surface area contributed by atoms with Crippen molar-refractivity contribution in [2.24, 2.45) is 5.92 Å². The Hall–Kier alpha value is -0.620. The van der Waals surface area contributed by atoms with Gasteiger partial charge in [-0.2, -0.15) is 0 Å². The maximum absolute atomic E-state index is 11.9. The van der Waals surface area contributed by atoms with E-state index in [2.05, 4.69) is 4.72 Å². The third-order valence-corrected chi connectivity index (χ3v) is 5.36. The van der Waals surface area contributed by atoms with E-state index >= 15 is 0 Å². The van der Waals surface area contributed by atoms with Crippen molar-refractivity contribution in [2.45, 2.75) is 51.5 Å². The summed E-state index contributed by atoms with van der Waals surface area (Å²) in [4.78, 5) is 13.8. The molecule has 0 bridgehead atoms. The second-order valence-electron chi connectivity index (χ2n) is 5.66. The summed E-state index contributed by atoms with van der Waals surface area (Å²) in [5.74, 6) is 0.746. The number of likely N-dealkylation sites (tertiary alicyclic amines) is 1. The molecule has 1 saturated heterocycles. The Morgan fingerprint density at radius 1 is 1.21 bits per heavy atom. The van der Waals surface area contributed by atoms with E-state index in [1.165, 1.54) is 0 Å². The minimum Gasteiger partial charge on any atom is -0.342 e. The van der Waals surface area contributed by atoms with Crippen LogP contribution in [0.15, 0.2) is 0 Å². The van der Waals surface area contributed by atoms with Crippen molar-refractivity contribution < 1.29 is 13.2 Å². The Morgan fingerprint density at radius 2 is 1.84 bits per heavy atom. The highest BCUT2D eigenvalue weighted by atomic mass is 32.2. The number of hydrogen-bond donors (Lipinski definition) is 1. The number of carbonyl (C=O) groups is 1. The lowest BCUT2D eigenvalue weighted by molar-refractivity contribution is -0.133. The largest absolute Gasteiger partial charge is 0.342 e. The summed E-state index contributed by atoms with van der Waals surface area (Å²) in [6.07, 6.45) is 5.13. The summed E-state index contributed by atoms with van der Waals surface area (Å²) in [6, 6.07) is 0.00473. The van der Waals surface area contributed by atoms with Crippen molar-refractivity contribution in [2.75, 3.05) is 18.8 Å². The average molecular weight is 288 g/mol. The molecule has 0 aromatic heterocycles. The molecule has 6 heteroatoms. The number of carbonyl (C=O) groups excluding carboxylic acids is 1. The summed E-state index contributed by atoms with van der Waals surface area (Å²) in [5, 5.41) is 0. The van der Waals surface area contributed by atoms with Crippen LogP contribution in [0.25, 0.3) is 0 Å². The number of amides is 1. The van der Waals surface area contributed by atoms with Gasteiger partial charge in [0.2, 0.25) is 15.9 Å². The van der Waals surface area contributed by atoms with Gasteiger partial charge in [0.15, 0.2) is 0 Å². The van der Waals surface area contributed by atoms with Crippen LogP contribution in [0.1, 0.15) is 45.4 Å². The Kier molecular flexibility index (Phi) is 4.84. The predicted molar refractivity (Wildman–Crippen MR) is 74.2 cm³/mol. The lowest BCUT2D eigenvalue weighted by Gasteiger charge is -2.32. The molecule has 0 aromatic carbocycles. The highest BCUT2D eigenvalue weighted by molar-refractivity contribution is 7.89. The Bertz CT molecular complexity index is 410. The minimum absolute atomic E-state index is 0.00473. The molecule has 19 heavy (non-hydrogen) atoms. The van der Waals surface area contributed by atoms with Gasteiger partial charge in [-0.05, 0) is 32.1 Å². The average Bonchev–Trinajstić information content (AvgIpc) is 3.20. The summed E-state index contributed by atoms with van der Waals surface area (Å²) in [5.41, 5.74) is 0. The number of nitrogens with one attached hydrogen (secondary N) is 1. The SMILES string of the molecule is CCCCS(=O)(=O)NC1CCN(C(=O)C2CC2)CC1. The van der Waals surface area contributed by atoms with Gasteiger partial charge >= 0.3 is 0 Å². The van der Waals surface area contributed by atoms with Crippen LogP contribution < -0.4 is 4.72 Å². The molecule has 0 radical (unpaired) electrons. The first kappa shape index (κ1) is 14.8. The van der Waals surface area contributed by atoms with Gasteiger partial charge in [0.1, 0.15) is 0 Å². The number of rotatable bonds is 6. The highest BCUT2D eigenvalue weighted by Crippen LogP contribution is 2.31. The van der Waals surface area contributed by atoms with E-state index in [0.717, 1.165) is 32.1 Å². The zero-order valence-corrected chi connectivity index (χ0v) is 12.4. The normalized spacial score (nSPS) is 21.6. The molecule has 0 aromatic rings. The van der Waals surface area contributed by atoms with E-state index in [9.17, 15) is 13.2 Å². The van der Waals surface area contributed by atoms with Crippen LogP contribution in [0, 0.1) is 5.92 Å². The van der Waals surface area contributed by atoms with Gasteiger partial charge in [-0.15, -0.1) is 0 Å². The summed E-state index contributed by atoms with van der Waals surface area (Å²) >= 11 is 0. The van der Waals surface area contributed by atoms with Crippen LogP contribution in [0.5, 0.6) is 0 Å². The van der Waals surface area contributed by atoms with E-state index in [-0.39, 0.29) is 23.6 Å². The molecule has 1 heterocycles. The highest BCUT2D eigenvalue weighted by Gasteiger charge is 2.35. The molecule has 0 atom stereocenters. The molecular weight excluding hydrogens is 264 g/mol. The Morgan fingerprint density at radius 3 is 2.37 bits per heavy atom. The third kappa shape index (κ3) is 4.45. The lowest BCUT2D eigenvalue weighted by Crippen LogP contribution is -2.47. The van der Waals surface area contributed by atoms with Crippen LogP contribution >= 0.6 is 0 Å². The van der Waals surface area contributed by atoms with E-state index in [4.69, 9.17) is 0 Å². The molecular formula is C13H24N2O3S. The van der Waals surface area contributed by atoms with E-state index < -0.39 is 10.0 Å². The van der Waals surface area contributed by atoms with Crippen LogP contribution in [0.2, 0.25) is 0 Å². The summed E-state index contributed by atoms with van der Waals surface area (Å²) in [7, 11) is -3.14. The number of unbranched alkanes of at least 4 members (excludes halogenated alkanes) is 1. The standard InChI is InChI=1S/C13H24N2O3S/c1-2-3-10-19(17,18)14-12-6-8-15(9-7-12)13(16)11-4-5-11/h11-12,14H,2-10H2,1H3. The third-order valence-electron chi connectivity index (χ3n) is 3.85. The molecule has 1 saturated carbocycles. The van der Waals surface area contributed by atoms with Gasteiger partial charge in [-0.25, -0.2) is 13.1 Å². The number of hydrogen-bond acceptors (Lipinski definition) is 3. The maximum atomic E-state index is 11.9. The van der Waals surface area contributed by atoms with E-state index in [1.807, 2.05) is 11.8 Å². The van der Waals surface area contributed by atoms with Gasteiger partial charge < -0.3 is 4.90 Å². The van der Waals surface area contributed by atoms with Crippen LogP contribution in [-0.4, -0.2) is 44.1 Å². The van der Waals surface area contributed by atoms with E-state index in [1.54, 1.807) is 0 Å². The zero-order chi connectivity index (χ0) is 13.9. The Balaban J connectivity index is 1.75. The molecule has 0 unspecified atom stereocenters. The van der Waals surface area contributed by atoms with Crippen molar-refractivity contribution in [1.82, 2.24) is 9.62 Å². The fourth-order valence-electron chi connectivity index (χ4n) is 2.45. The molecule has 2 aliphatic rings. The molecule has 1 N–H and O–H groups in total. The maximum Gasteiger partial charge on any atom is 0.225 e. The van der Waals surface area contributed by atoms with Gasteiger partial charge in [-0.1, -0.05) is 13.3 Å². The molecule has 110 valence electrons. The first-order valence-electron chi connectivity index (χ1n) is 7.30. The number of nitrogens with zero attached hydrogens (tertiary/aromatic N) is 1. The first-order valence-corrected chi connectivity index (χ1v) is 8.96. The Labute approximate surface area is 115 Å².